The predicted molar refractivity (Wildman–Crippen MR) is 67.3 cm³/mol. The third-order valence-electron chi connectivity index (χ3n) is 2.72. The zero-order valence-electron chi connectivity index (χ0n) is 10.5. The number of aromatic nitrogens is 2. The zero-order chi connectivity index (χ0) is 14.7. The fourth-order valence-corrected chi connectivity index (χ4v) is 1.69. The lowest BCUT2D eigenvalue weighted by molar-refractivity contribution is 0.102. The van der Waals surface area contributed by atoms with Gasteiger partial charge in [0.05, 0.1) is 23.5 Å². The fourth-order valence-electron chi connectivity index (χ4n) is 1.69. The second kappa shape index (κ2) is 5.48. The number of nitriles is 1. The number of hydrogen-bond donors (Lipinski definition) is 1. The Balaban J connectivity index is 2.21. The van der Waals surface area contributed by atoms with Crippen molar-refractivity contribution < 1.29 is 13.6 Å². The molecule has 0 aliphatic carbocycles. The van der Waals surface area contributed by atoms with Gasteiger partial charge in [0.15, 0.2) is 0 Å². The number of carbonyl (C=O) groups is 1. The van der Waals surface area contributed by atoms with Crippen LogP contribution in [0.1, 0.15) is 28.0 Å². The summed E-state index contributed by atoms with van der Waals surface area (Å²) < 4.78 is 26.7. The molecule has 0 atom stereocenters. The number of benzene rings is 1. The van der Waals surface area contributed by atoms with Crippen LogP contribution in [0.5, 0.6) is 0 Å². The van der Waals surface area contributed by atoms with Crippen molar-refractivity contribution in [3.63, 3.8) is 0 Å². The van der Waals surface area contributed by atoms with E-state index >= 15 is 0 Å². The van der Waals surface area contributed by atoms with E-state index in [0.29, 0.717) is 5.56 Å². The first-order valence-corrected chi connectivity index (χ1v) is 5.64. The van der Waals surface area contributed by atoms with Gasteiger partial charge >= 0.3 is 0 Å². The highest BCUT2D eigenvalue weighted by atomic mass is 19.3. The van der Waals surface area contributed by atoms with Crippen LogP contribution in [-0.4, -0.2) is 15.7 Å². The first-order valence-electron chi connectivity index (χ1n) is 5.64. The third kappa shape index (κ3) is 2.64. The lowest BCUT2D eigenvalue weighted by Gasteiger charge is -2.07. The average molecular weight is 276 g/mol. The number of rotatable bonds is 3. The fraction of sp³-hybridized carbons (Fsp3) is 0.154. The summed E-state index contributed by atoms with van der Waals surface area (Å²) in [4.78, 5) is 11.9. The van der Waals surface area contributed by atoms with Crippen LogP contribution in [0.15, 0.2) is 30.5 Å². The van der Waals surface area contributed by atoms with Gasteiger partial charge in [-0.1, -0.05) is 0 Å². The number of amides is 1. The van der Waals surface area contributed by atoms with Crippen molar-refractivity contribution in [2.45, 2.75) is 6.43 Å². The van der Waals surface area contributed by atoms with Crippen LogP contribution in [0.2, 0.25) is 0 Å². The molecule has 2 rings (SSSR count). The smallest absolute Gasteiger partial charge is 0.282 e. The number of halogens is 2. The maximum absolute atomic E-state index is 12.8. The Bertz CT molecular complexity index is 671. The van der Waals surface area contributed by atoms with E-state index in [1.165, 1.54) is 37.5 Å². The molecule has 2 aromatic rings. The Morgan fingerprint density at radius 2 is 2.05 bits per heavy atom. The topological polar surface area (TPSA) is 70.7 Å². The Labute approximate surface area is 113 Å². The molecular weight excluding hydrogens is 266 g/mol. The van der Waals surface area contributed by atoms with Crippen LogP contribution in [-0.2, 0) is 7.05 Å². The molecule has 7 heteroatoms. The van der Waals surface area contributed by atoms with Gasteiger partial charge < -0.3 is 5.32 Å². The van der Waals surface area contributed by atoms with Crippen molar-refractivity contribution in [2.75, 3.05) is 5.32 Å². The molecule has 1 aromatic heterocycles. The van der Waals surface area contributed by atoms with Gasteiger partial charge in [-0.05, 0) is 24.3 Å². The van der Waals surface area contributed by atoms with E-state index in [-0.39, 0.29) is 16.9 Å². The normalized spacial score (nSPS) is 10.3. The van der Waals surface area contributed by atoms with Crippen LogP contribution in [0.25, 0.3) is 0 Å². The van der Waals surface area contributed by atoms with Gasteiger partial charge in [-0.15, -0.1) is 0 Å². The molecule has 20 heavy (non-hydrogen) atoms. The molecule has 1 amide bonds. The van der Waals surface area contributed by atoms with E-state index in [1.807, 2.05) is 6.07 Å². The van der Waals surface area contributed by atoms with E-state index in [0.717, 1.165) is 4.68 Å². The summed E-state index contributed by atoms with van der Waals surface area (Å²) in [7, 11) is 1.37. The minimum absolute atomic E-state index is 0.0307. The summed E-state index contributed by atoms with van der Waals surface area (Å²) >= 11 is 0. The molecule has 1 aromatic carbocycles. The van der Waals surface area contributed by atoms with Crippen LogP contribution in [0.3, 0.4) is 0 Å². The molecule has 0 saturated carbocycles. The van der Waals surface area contributed by atoms with Crippen LogP contribution >= 0.6 is 0 Å². The van der Waals surface area contributed by atoms with Crippen molar-refractivity contribution >= 4 is 11.6 Å². The van der Waals surface area contributed by atoms with Gasteiger partial charge in [0.1, 0.15) is 5.69 Å². The highest BCUT2D eigenvalue weighted by molar-refractivity contribution is 6.04. The molecule has 0 aliphatic rings. The lowest BCUT2D eigenvalue weighted by Crippen LogP contribution is -2.13. The van der Waals surface area contributed by atoms with Crippen LogP contribution < -0.4 is 5.32 Å². The van der Waals surface area contributed by atoms with Gasteiger partial charge in [-0.3, -0.25) is 9.48 Å². The van der Waals surface area contributed by atoms with E-state index in [1.54, 1.807) is 0 Å². The van der Waals surface area contributed by atoms with Gasteiger partial charge in [0.25, 0.3) is 12.3 Å². The van der Waals surface area contributed by atoms with Crippen LogP contribution in [0, 0.1) is 11.3 Å². The molecule has 1 N–H and O–H groups in total. The molecule has 5 nitrogen and oxygen atoms in total. The highest BCUT2D eigenvalue weighted by Crippen LogP contribution is 2.26. The third-order valence-corrected chi connectivity index (χ3v) is 2.72. The standard InChI is InChI=1S/C13H10F2N4O/c1-19-11(12(14)15)10(7-17-19)18-13(20)9-4-2-8(6-16)3-5-9/h2-5,7,12H,1H3,(H,18,20). The summed E-state index contributed by atoms with van der Waals surface area (Å²) in [5.41, 5.74) is 0.299. The maximum atomic E-state index is 12.8. The molecule has 0 unspecified atom stereocenters. The molecule has 0 bridgehead atoms. The van der Waals surface area contributed by atoms with Gasteiger partial charge in [-0.2, -0.15) is 10.4 Å². The first kappa shape index (κ1) is 13.7. The highest BCUT2D eigenvalue weighted by Gasteiger charge is 2.20. The maximum Gasteiger partial charge on any atom is 0.282 e. The summed E-state index contributed by atoms with van der Waals surface area (Å²) in [5.74, 6) is -0.538. The van der Waals surface area contributed by atoms with Crippen LogP contribution in [0.4, 0.5) is 14.5 Å². The second-order valence-corrected chi connectivity index (χ2v) is 4.01. The molecule has 0 radical (unpaired) electrons. The number of anilines is 1. The van der Waals surface area contributed by atoms with Gasteiger partial charge in [-0.25, -0.2) is 8.78 Å². The number of aryl methyl sites for hydroxylation is 1. The van der Waals surface area contributed by atoms with E-state index < -0.39 is 12.3 Å². The molecule has 0 saturated heterocycles. The number of nitrogens with one attached hydrogen (secondary N) is 1. The average Bonchev–Trinajstić information content (AvgIpc) is 2.79. The SMILES string of the molecule is Cn1ncc(NC(=O)c2ccc(C#N)cc2)c1C(F)F. The molecule has 1 heterocycles. The number of alkyl halides is 2. The summed E-state index contributed by atoms with van der Waals surface area (Å²) in [6.07, 6.45) is -1.57. The number of nitrogens with zero attached hydrogens (tertiary/aromatic N) is 3. The molecule has 0 aliphatic heterocycles. The van der Waals surface area contributed by atoms with Crippen molar-refractivity contribution in [3.05, 3.63) is 47.3 Å². The number of carbonyl (C=O) groups excluding carboxylic acids is 1. The van der Waals surface area contributed by atoms with E-state index in [9.17, 15) is 13.6 Å². The van der Waals surface area contributed by atoms with Gasteiger partial charge in [0, 0.05) is 12.6 Å². The lowest BCUT2D eigenvalue weighted by atomic mass is 10.1. The predicted octanol–water partition coefficient (Wildman–Crippen LogP) is 2.48. The Hall–Kier alpha value is -2.75. The largest absolute Gasteiger partial charge is 0.319 e. The Morgan fingerprint density at radius 3 is 2.60 bits per heavy atom. The van der Waals surface area contributed by atoms with Crippen molar-refractivity contribution in [1.82, 2.24) is 9.78 Å². The second-order valence-electron chi connectivity index (χ2n) is 4.01. The molecule has 0 fully saturated rings. The quantitative estimate of drug-likeness (QED) is 0.936. The first-order chi connectivity index (χ1) is 9.52. The Kier molecular flexibility index (Phi) is 3.75. The monoisotopic (exact) mass is 276 g/mol. The summed E-state index contributed by atoms with van der Waals surface area (Å²) in [6, 6.07) is 7.78. The number of hydrogen-bond acceptors (Lipinski definition) is 3. The van der Waals surface area contributed by atoms with Crippen molar-refractivity contribution in [1.29, 1.82) is 5.26 Å². The van der Waals surface area contributed by atoms with Gasteiger partial charge in [0.2, 0.25) is 0 Å². The summed E-state index contributed by atoms with van der Waals surface area (Å²) in [5, 5.41) is 14.7. The van der Waals surface area contributed by atoms with Crippen molar-refractivity contribution in [2.24, 2.45) is 7.05 Å². The minimum atomic E-state index is -2.74. The Morgan fingerprint density at radius 1 is 1.40 bits per heavy atom. The van der Waals surface area contributed by atoms with E-state index in [2.05, 4.69) is 10.4 Å². The minimum Gasteiger partial charge on any atom is -0.319 e. The van der Waals surface area contributed by atoms with E-state index in [4.69, 9.17) is 5.26 Å². The van der Waals surface area contributed by atoms with Crippen molar-refractivity contribution in [3.8, 4) is 6.07 Å². The molecule has 0 spiro atoms. The molecular formula is C13H10F2N4O. The molecule has 102 valence electrons. The summed E-state index contributed by atoms with van der Waals surface area (Å²) in [6.45, 7) is 0. The zero-order valence-corrected chi connectivity index (χ0v) is 10.5.